The second-order valence-corrected chi connectivity index (χ2v) is 4.93. The number of anilines is 1. The second-order valence-electron chi connectivity index (χ2n) is 4.93. The summed E-state index contributed by atoms with van der Waals surface area (Å²) in [6, 6.07) is 18.6. The molecule has 0 unspecified atom stereocenters. The highest BCUT2D eigenvalue weighted by Gasteiger charge is 2.07. The average Bonchev–Trinajstić information content (AvgIpc) is 2.48. The van der Waals surface area contributed by atoms with Crippen molar-refractivity contribution in [3.05, 3.63) is 71.4 Å². The minimum Gasteiger partial charge on any atom is -0.323 e. The van der Waals surface area contributed by atoms with Crippen LogP contribution in [0.4, 0.5) is 5.69 Å². The number of rotatable bonds is 3. The van der Waals surface area contributed by atoms with Crippen LogP contribution >= 0.6 is 0 Å². The molecule has 1 heterocycles. The number of para-hydroxylation sites is 1. The first-order valence-electron chi connectivity index (χ1n) is 6.68. The second kappa shape index (κ2) is 5.31. The minimum absolute atomic E-state index is 0.874. The zero-order valence-corrected chi connectivity index (χ0v) is 11.4. The van der Waals surface area contributed by atoms with Crippen molar-refractivity contribution in [1.82, 2.24) is 4.98 Å². The average molecular weight is 263 g/mol. The first-order chi connectivity index (χ1) is 9.78. The number of nitrogens with two attached hydrogens (primary N) is 1. The van der Waals surface area contributed by atoms with Crippen LogP contribution in [0, 0.1) is 6.92 Å². The molecule has 0 saturated carbocycles. The molecule has 0 atom stereocenters. The first-order valence-corrected chi connectivity index (χ1v) is 6.68. The van der Waals surface area contributed by atoms with E-state index in [4.69, 9.17) is 5.84 Å². The van der Waals surface area contributed by atoms with Crippen LogP contribution in [-0.2, 0) is 6.42 Å². The normalized spacial score (nSPS) is 10.7. The van der Waals surface area contributed by atoms with Crippen molar-refractivity contribution in [3.8, 4) is 0 Å². The van der Waals surface area contributed by atoms with Crippen LogP contribution in [-0.4, -0.2) is 4.98 Å². The summed E-state index contributed by atoms with van der Waals surface area (Å²) in [6.45, 7) is 1.99. The molecule has 3 nitrogen and oxygen atoms in total. The highest BCUT2D eigenvalue weighted by molar-refractivity contribution is 5.93. The van der Waals surface area contributed by atoms with Gasteiger partial charge in [-0.2, -0.15) is 0 Å². The Balaban J connectivity index is 2.14. The van der Waals surface area contributed by atoms with Crippen molar-refractivity contribution >= 4 is 16.6 Å². The molecule has 3 rings (SSSR count). The molecule has 0 amide bonds. The van der Waals surface area contributed by atoms with Crippen LogP contribution in [0.2, 0.25) is 0 Å². The molecule has 0 spiro atoms. The Labute approximate surface area is 118 Å². The van der Waals surface area contributed by atoms with Gasteiger partial charge in [-0.1, -0.05) is 48.5 Å². The Morgan fingerprint density at radius 2 is 1.85 bits per heavy atom. The quantitative estimate of drug-likeness (QED) is 0.562. The van der Waals surface area contributed by atoms with E-state index in [1.807, 2.05) is 25.1 Å². The van der Waals surface area contributed by atoms with Gasteiger partial charge in [0.2, 0.25) is 0 Å². The van der Waals surface area contributed by atoms with Crippen LogP contribution in [0.15, 0.2) is 54.6 Å². The fourth-order valence-corrected chi connectivity index (χ4v) is 2.51. The molecule has 3 N–H and O–H groups in total. The molecule has 0 fully saturated rings. The summed E-state index contributed by atoms with van der Waals surface area (Å²) in [6.07, 6.45) is 0.874. The Morgan fingerprint density at radius 1 is 1.05 bits per heavy atom. The highest BCUT2D eigenvalue weighted by Crippen LogP contribution is 2.26. The number of hydrogen-bond donors (Lipinski definition) is 2. The Morgan fingerprint density at radius 3 is 2.60 bits per heavy atom. The molecule has 20 heavy (non-hydrogen) atoms. The van der Waals surface area contributed by atoms with Crippen LogP contribution in [0.25, 0.3) is 10.9 Å². The van der Waals surface area contributed by atoms with Crippen molar-refractivity contribution in [2.75, 3.05) is 5.43 Å². The number of hydrogen-bond acceptors (Lipinski definition) is 3. The smallest absolute Gasteiger partial charge is 0.0761 e. The van der Waals surface area contributed by atoms with Crippen LogP contribution in [0.5, 0.6) is 0 Å². The van der Waals surface area contributed by atoms with Gasteiger partial charge in [0, 0.05) is 11.1 Å². The van der Waals surface area contributed by atoms with Gasteiger partial charge in [-0.3, -0.25) is 10.8 Å². The maximum Gasteiger partial charge on any atom is 0.0761 e. The standard InChI is InChI=1S/C17H17N3/c1-12-10-16(20-18)15-9-5-8-14(17(15)19-12)11-13-6-3-2-4-7-13/h2-10H,11,18H2,1H3,(H,19,20). The molecule has 0 aliphatic rings. The lowest BCUT2D eigenvalue weighted by Gasteiger charge is -2.11. The van der Waals surface area contributed by atoms with E-state index < -0.39 is 0 Å². The van der Waals surface area contributed by atoms with Crippen molar-refractivity contribution in [3.63, 3.8) is 0 Å². The van der Waals surface area contributed by atoms with Crippen molar-refractivity contribution < 1.29 is 0 Å². The van der Waals surface area contributed by atoms with Gasteiger partial charge in [0.25, 0.3) is 0 Å². The van der Waals surface area contributed by atoms with Crippen molar-refractivity contribution in [2.24, 2.45) is 5.84 Å². The van der Waals surface area contributed by atoms with Gasteiger partial charge in [0.15, 0.2) is 0 Å². The number of pyridine rings is 1. The summed E-state index contributed by atoms with van der Waals surface area (Å²) < 4.78 is 0. The number of benzene rings is 2. The zero-order valence-electron chi connectivity index (χ0n) is 11.4. The fourth-order valence-electron chi connectivity index (χ4n) is 2.51. The van der Waals surface area contributed by atoms with Gasteiger partial charge >= 0.3 is 0 Å². The predicted octanol–water partition coefficient (Wildman–Crippen LogP) is 3.42. The third kappa shape index (κ3) is 2.36. The van der Waals surface area contributed by atoms with E-state index >= 15 is 0 Å². The fraction of sp³-hybridized carbons (Fsp3) is 0.118. The van der Waals surface area contributed by atoms with Gasteiger partial charge in [-0.25, -0.2) is 0 Å². The molecule has 1 aromatic heterocycles. The number of aryl methyl sites for hydroxylation is 1. The number of nitrogen functional groups attached to an aromatic ring is 1. The summed E-state index contributed by atoms with van der Waals surface area (Å²) >= 11 is 0. The highest BCUT2D eigenvalue weighted by atomic mass is 15.2. The molecule has 0 aliphatic heterocycles. The maximum atomic E-state index is 5.61. The molecule has 3 heteroatoms. The molecule has 0 saturated heterocycles. The van der Waals surface area contributed by atoms with Crippen molar-refractivity contribution in [1.29, 1.82) is 0 Å². The Kier molecular flexibility index (Phi) is 3.35. The number of fused-ring (bicyclic) bond motifs is 1. The number of aromatic nitrogens is 1. The van der Waals surface area contributed by atoms with Crippen LogP contribution in [0.1, 0.15) is 16.8 Å². The molecular formula is C17H17N3. The summed E-state index contributed by atoms with van der Waals surface area (Å²) in [5.41, 5.74) is 8.16. The third-order valence-electron chi connectivity index (χ3n) is 3.44. The van der Waals surface area contributed by atoms with Crippen LogP contribution in [0.3, 0.4) is 0 Å². The van der Waals surface area contributed by atoms with Gasteiger partial charge in [-0.15, -0.1) is 0 Å². The van der Waals surface area contributed by atoms with E-state index in [0.717, 1.165) is 28.7 Å². The summed E-state index contributed by atoms with van der Waals surface area (Å²) in [7, 11) is 0. The molecule has 0 bridgehead atoms. The van der Waals surface area contributed by atoms with E-state index in [2.05, 4.69) is 46.8 Å². The maximum absolute atomic E-state index is 5.61. The molecule has 0 aliphatic carbocycles. The number of nitrogens with zero attached hydrogens (tertiary/aromatic N) is 1. The zero-order chi connectivity index (χ0) is 13.9. The summed E-state index contributed by atoms with van der Waals surface area (Å²) in [4.78, 5) is 4.68. The lowest BCUT2D eigenvalue weighted by atomic mass is 10.0. The van der Waals surface area contributed by atoms with E-state index in [0.29, 0.717) is 0 Å². The molecule has 100 valence electrons. The predicted molar refractivity (Wildman–Crippen MR) is 83.5 cm³/mol. The molecule has 2 aromatic carbocycles. The minimum atomic E-state index is 0.874. The largest absolute Gasteiger partial charge is 0.323 e. The summed E-state index contributed by atoms with van der Waals surface area (Å²) in [5.74, 6) is 5.61. The van der Waals surface area contributed by atoms with Gasteiger partial charge in [-0.05, 0) is 30.5 Å². The monoisotopic (exact) mass is 263 g/mol. The number of hydrazine groups is 1. The SMILES string of the molecule is Cc1cc(NN)c2cccc(Cc3ccccc3)c2n1. The lowest BCUT2D eigenvalue weighted by Crippen LogP contribution is -2.08. The van der Waals surface area contributed by atoms with E-state index in [1.54, 1.807) is 0 Å². The third-order valence-corrected chi connectivity index (χ3v) is 3.44. The van der Waals surface area contributed by atoms with E-state index in [-0.39, 0.29) is 0 Å². The lowest BCUT2D eigenvalue weighted by molar-refractivity contribution is 1.17. The summed E-state index contributed by atoms with van der Waals surface area (Å²) in [5, 5.41) is 1.06. The topological polar surface area (TPSA) is 50.9 Å². The Hall–Kier alpha value is -2.39. The molecular weight excluding hydrogens is 246 g/mol. The van der Waals surface area contributed by atoms with Crippen LogP contribution < -0.4 is 11.3 Å². The van der Waals surface area contributed by atoms with Gasteiger partial charge in [0.05, 0.1) is 11.2 Å². The van der Waals surface area contributed by atoms with Gasteiger partial charge < -0.3 is 5.43 Å². The van der Waals surface area contributed by atoms with E-state index in [1.165, 1.54) is 11.1 Å². The van der Waals surface area contributed by atoms with Crippen molar-refractivity contribution in [2.45, 2.75) is 13.3 Å². The first kappa shape index (κ1) is 12.6. The number of nitrogens with one attached hydrogen (secondary N) is 1. The van der Waals surface area contributed by atoms with E-state index in [9.17, 15) is 0 Å². The molecule has 0 radical (unpaired) electrons. The molecule has 3 aromatic rings. The van der Waals surface area contributed by atoms with Gasteiger partial charge in [0.1, 0.15) is 0 Å². The Bertz CT molecular complexity index is 736.